The Morgan fingerprint density at radius 2 is 2.06 bits per heavy atom. The van der Waals surface area contributed by atoms with Crippen LogP contribution in [0.1, 0.15) is 30.7 Å². The first-order valence-corrected chi connectivity index (χ1v) is 12.3. The van der Waals surface area contributed by atoms with Crippen LogP contribution in [0.15, 0.2) is 59.7 Å². The van der Waals surface area contributed by atoms with Crippen molar-refractivity contribution in [2.24, 2.45) is 0 Å². The lowest BCUT2D eigenvalue weighted by atomic mass is 10.1. The summed E-state index contributed by atoms with van der Waals surface area (Å²) >= 11 is 0. The van der Waals surface area contributed by atoms with Crippen LogP contribution in [0.25, 0.3) is 5.69 Å². The number of aromatic nitrogens is 3. The van der Waals surface area contributed by atoms with Crippen LogP contribution >= 0.6 is 0 Å². The highest BCUT2D eigenvalue weighted by atomic mass is 32.2. The minimum absolute atomic E-state index is 0.00244. The van der Waals surface area contributed by atoms with Gasteiger partial charge in [-0.1, -0.05) is 12.1 Å². The molecule has 1 fully saturated rings. The van der Waals surface area contributed by atoms with Crippen molar-refractivity contribution in [2.75, 3.05) is 25.1 Å². The lowest BCUT2D eigenvalue weighted by Gasteiger charge is -2.31. The fraction of sp³-hybridized carbons (Fsp3) is 0.409. The molecule has 0 aliphatic carbocycles. The molecule has 10 heteroatoms. The van der Waals surface area contributed by atoms with Gasteiger partial charge in [0, 0.05) is 12.1 Å². The van der Waals surface area contributed by atoms with E-state index in [1.165, 1.54) is 6.33 Å². The highest BCUT2D eigenvalue weighted by Crippen LogP contribution is 2.23. The van der Waals surface area contributed by atoms with Gasteiger partial charge >= 0.3 is 0 Å². The van der Waals surface area contributed by atoms with E-state index in [4.69, 9.17) is 4.42 Å². The smallest absolute Gasteiger partial charge is 0.237 e. The number of hydrogen-bond donors (Lipinski definition) is 0. The summed E-state index contributed by atoms with van der Waals surface area (Å²) in [7, 11) is -1.22. The molecule has 2 aromatic heterocycles. The normalized spacial score (nSPS) is 18.7. The molecule has 2 atom stereocenters. The minimum Gasteiger partial charge on any atom is -0.467 e. The molecule has 3 heterocycles. The van der Waals surface area contributed by atoms with E-state index in [2.05, 4.69) is 10.1 Å². The molecule has 1 aliphatic heterocycles. The van der Waals surface area contributed by atoms with Gasteiger partial charge in [0.2, 0.25) is 5.91 Å². The van der Waals surface area contributed by atoms with Crippen LogP contribution in [0.4, 0.5) is 0 Å². The number of furan rings is 1. The van der Waals surface area contributed by atoms with Crippen LogP contribution in [-0.4, -0.2) is 70.0 Å². The summed E-state index contributed by atoms with van der Waals surface area (Å²) in [5.74, 6) is 0.644. The Kier molecular flexibility index (Phi) is 6.43. The van der Waals surface area contributed by atoms with Gasteiger partial charge in [-0.3, -0.25) is 9.69 Å². The maximum Gasteiger partial charge on any atom is 0.237 e. The van der Waals surface area contributed by atoms with Crippen molar-refractivity contribution in [2.45, 2.75) is 32.0 Å². The summed E-state index contributed by atoms with van der Waals surface area (Å²) in [5, 5.41) is 4.13. The quantitative estimate of drug-likeness (QED) is 0.510. The third-order valence-electron chi connectivity index (χ3n) is 5.98. The largest absolute Gasteiger partial charge is 0.467 e. The number of benzene rings is 1. The van der Waals surface area contributed by atoms with Crippen LogP contribution in [0.5, 0.6) is 0 Å². The maximum atomic E-state index is 13.3. The van der Waals surface area contributed by atoms with Gasteiger partial charge in [0.25, 0.3) is 0 Å². The zero-order valence-electron chi connectivity index (χ0n) is 18.2. The van der Waals surface area contributed by atoms with E-state index < -0.39 is 9.84 Å². The van der Waals surface area contributed by atoms with E-state index >= 15 is 0 Å². The molecule has 1 aromatic carbocycles. The van der Waals surface area contributed by atoms with Gasteiger partial charge in [-0.05, 0) is 50.2 Å². The molecule has 1 amide bonds. The van der Waals surface area contributed by atoms with E-state index in [1.807, 2.05) is 43.1 Å². The summed E-state index contributed by atoms with van der Waals surface area (Å²) in [6.07, 6.45) is 5.14. The first-order valence-electron chi connectivity index (χ1n) is 10.5. The number of nitrogens with zero attached hydrogens (tertiary/aromatic N) is 5. The summed E-state index contributed by atoms with van der Waals surface area (Å²) in [6.45, 7) is 2.47. The Morgan fingerprint density at radius 1 is 1.28 bits per heavy atom. The molecule has 1 saturated heterocycles. The van der Waals surface area contributed by atoms with Crippen LogP contribution in [0.2, 0.25) is 0 Å². The van der Waals surface area contributed by atoms with Gasteiger partial charge in [-0.15, -0.1) is 0 Å². The van der Waals surface area contributed by atoms with Crippen LogP contribution in [-0.2, 0) is 21.2 Å². The Labute approximate surface area is 187 Å². The first kappa shape index (κ1) is 22.2. The van der Waals surface area contributed by atoms with Gasteiger partial charge in [-0.25, -0.2) is 18.1 Å². The predicted octanol–water partition coefficient (Wildman–Crippen LogP) is 2.07. The predicted molar refractivity (Wildman–Crippen MR) is 119 cm³/mol. The maximum absolute atomic E-state index is 13.3. The van der Waals surface area contributed by atoms with Crippen molar-refractivity contribution in [1.29, 1.82) is 0 Å². The third-order valence-corrected chi connectivity index (χ3v) is 7.73. The van der Waals surface area contributed by atoms with E-state index in [-0.39, 0.29) is 42.6 Å². The molecule has 1 aliphatic rings. The summed E-state index contributed by atoms with van der Waals surface area (Å²) in [4.78, 5) is 20.8. The standard InChI is InChI=1S/C22H27N5O4S/c1-17(18-5-7-19(8-6-18)27-16-23-15-24-27)25(2)13-22(28)26(12-21-4-3-10-31-21)20-9-11-32(29,30)14-20/h3-8,10,15-17,20H,9,11-14H2,1-2H3/t17-,20+/m1/s1. The summed E-state index contributed by atoms with van der Waals surface area (Å²) < 4.78 is 31.1. The zero-order valence-corrected chi connectivity index (χ0v) is 19.0. The van der Waals surface area contributed by atoms with Gasteiger partial charge in [0.1, 0.15) is 18.4 Å². The molecule has 170 valence electrons. The lowest BCUT2D eigenvalue weighted by molar-refractivity contribution is -0.135. The Bertz CT molecular complexity index is 1130. The van der Waals surface area contributed by atoms with Gasteiger partial charge in [0.15, 0.2) is 9.84 Å². The fourth-order valence-corrected chi connectivity index (χ4v) is 5.69. The van der Waals surface area contributed by atoms with E-state index in [1.54, 1.807) is 34.3 Å². The second-order valence-electron chi connectivity index (χ2n) is 8.18. The highest BCUT2D eigenvalue weighted by molar-refractivity contribution is 7.91. The monoisotopic (exact) mass is 457 g/mol. The first-order chi connectivity index (χ1) is 15.3. The second-order valence-corrected chi connectivity index (χ2v) is 10.4. The Hall–Kier alpha value is -2.98. The minimum atomic E-state index is -3.11. The molecule has 0 N–H and O–H groups in total. The highest BCUT2D eigenvalue weighted by Gasteiger charge is 2.35. The average Bonchev–Trinajstić information content (AvgIpc) is 3.54. The lowest BCUT2D eigenvalue weighted by Crippen LogP contribution is -2.45. The molecule has 9 nitrogen and oxygen atoms in total. The number of carbonyl (C=O) groups excluding carboxylic acids is 1. The van der Waals surface area contributed by atoms with Gasteiger partial charge in [-0.2, -0.15) is 5.10 Å². The molecular weight excluding hydrogens is 430 g/mol. The topological polar surface area (TPSA) is 102 Å². The van der Waals surface area contributed by atoms with E-state index in [0.29, 0.717) is 12.2 Å². The Balaban J connectivity index is 1.44. The zero-order chi connectivity index (χ0) is 22.7. The number of sulfone groups is 1. The number of hydrogen-bond acceptors (Lipinski definition) is 7. The molecule has 0 bridgehead atoms. The van der Waals surface area contributed by atoms with Crippen molar-refractivity contribution < 1.29 is 17.6 Å². The van der Waals surface area contributed by atoms with Crippen molar-refractivity contribution in [1.82, 2.24) is 24.6 Å². The van der Waals surface area contributed by atoms with E-state index in [0.717, 1.165) is 11.3 Å². The van der Waals surface area contributed by atoms with Crippen molar-refractivity contribution in [3.05, 3.63) is 66.6 Å². The number of carbonyl (C=O) groups is 1. The van der Waals surface area contributed by atoms with Crippen LogP contribution in [0, 0.1) is 0 Å². The van der Waals surface area contributed by atoms with Crippen LogP contribution < -0.4 is 0 Å². The Morgan fingerprint density at radius 3 is 2.66 bits per heavy atom. The van der Waals surface area contributed by atoms with Crippen molar-refractivity contribution >= 4 is 15.7 Å². The fourth-order valence-electron chi connectivity index (χ4n) is 3.96. The van der Waals surface area contributed by atoms with Gasteiger partial charge in [0.05, 0.1) is 36.5 Å². The molecule has 0 radical (unpaired) electrons. The van der Waals surface area contributed by atoms with Gasteiger partial charge < -0.3 is 9.32 Å². The number of likely N-dealkylation sites (N-methyl/N-ethyl adjacent to an activating group) is 1. The molecule has 3 aromatic rings. The average molecular weight is 458 g/mol. The number of rotatable bonds is 8. The summed E-state index contributed by atoms with van der Waals surface area (Å²) in [6, 6.07) is 11.2. The number of amides is 1. The van der Waals surface area contributed by atoms with Crippen molar-refractivity contribution in [3.8, 4) is 5.69 Å². The molecular formula is C22H27N5O4S. The summed E-state index contributed by atoms with van der Waals surface area (Å²) in [5.41, 5.74) is 1.97. The van der Waals surface area contributed by atoms with Crippen LogP contribution in [0.3, 0.4) is 0 Å². The molecule has 0 spiro atoms. The SMILES string of the molecule is C[C@H](c1ccc(-n2cncn2)cc1)N(C)CC(=O)N(Cc1ccco1)[C@H]1CCS(=O)(=O)C1. The second kappa shape index (κ2) is 9.25. The molecule has 4 rings (SSSR count). The third kappa shape index (κ3) is 5.08. The molecule has 0 unspecified atom stereocenters. The van der Waals surface area contributed by atoms with Crippen molar-refractivity contribution in [3.63, 3.8) is 0 Å². The molecule has 32 heavy (non-hydrogen) atoms. The van der Waals surface area contributed by atoms with E-state index in [9.17, 15) is 13.2 Å². The molecule has 0 saturated carbocycles.